The predicted molar refractivity (Wildman–Crippen MR) is 50.3 cm³/mol. The van der Waals surface area contributed by atoms with E-state index in [1.54, 1.807) is 0 Å². The molecule has 0 aromatic heterocycles. The van der Waals surface area contributed by atoms with Crippen LogP contribution < -0.4 is 4.74 Å². The fourth-order valence-corrected chi connectivity index (χ4v) is 1.13. The number of aliphatic hydroxyl groups excluding tert-OH is 1. The third kappa shape index (κ3) is 2.24. The number of nitrogens with zero attached hydrogens (tertiary/aromatic N) is 1. The average molecular weight is 207 g/mol. The number of carbonyl (C=O) groups is 1. The summed E-state index contributed by atoms with van der Waals surface area (Å²) in [5.74, 6) is -1.01. The fraction of sp³-hybridized carbons (Fsp3) is 0.200. The van der Waals surface area contributed by atoms with E-state index < -0.39 is 12.1 Å². The summed E-state index contributed by atoms with van der Waals surface area (Å²) in [6.07, 6.45) is -1.62. The number of aliphatic carboxylic acids is 1. The molecule has 0 saturated carbocycles. The lowest BCUT2D eigenvalue weighted by molar-refractivity contribution is -0.146. The van der Waals surface area contributed by atoms with E-state index in [9.17, 15) is 9.90 Å². The van der Waals surface area contributed by atoms with Gasteiger partial charge in [-0.2, -0.15) is 5.26 Å². The first-order valence-electron chi connectivity index (χ1n) is 4.09. The first kappa shape index (κ1) is 11.0. The Morgan fingerprint density at radius 3 is 2.73 bits per heavy atom. The second-order valence-electron chi connectivity index (χ2n) is 2.81. The molecule has 0 aliphatic heterocycles. The van der Waals surface area contributed by atoms with Gasteiger partial charge in [0.15, 0.2) is 6.10 Å². The summed E-state index contributed by atoms with van der Waals surface area (Å²) < 4.78 is 4.88. The van der Waals surface area contributed by atoms with Crippen LogP contribution in [0.15, 0.2) is 18.2 Å². The number of methoxy groups -OCH3 is 1. The van der Waals surface area contributed by atoms with E-state index in [1.165, 1.54) is 25.3 Å². The molecule has 1 atom stereocenters. The molecule has 1 rings (SSSR count). The highest BCUT2D eigenvalue weighted by atomic mass is 16.5. The Morgan fingerprint density at radius 2 is 2.27 bits per heavy atom. The molecule has 2 N–H and O–H groups in total. The smallest absolute Gasteiger partial charge is 0.337 e. The van der Waals surface area contributed by atoms with Gasteiger partial charge >= 0.3 is 5.97 Å². The summed E-state index contributed by atoms with van der Waals surface area (Å²) in [5, 5.41) is 26.5. The van der Waals surface area contributed by atoms with Crippen LogP contribution in [0.5, 0.6) is 5.75 Å². The average Bonchev–Trinajstić information content (AvgIpc) is 2.26. The van der Waals surface area contributed by atoms with Crippen molar-refractivity contribution < 1.29 is 19.7 Å². The van der Waals surface area contributed by atoms with Crippen molar-refractivity contribution in [1.82, 2.24) is 0 Å². The van der Waals surface area contributed by atoms with E-state index in [1.807, 2.05) is 6.07 Å². The molecule has 0 radical (unpaired) electrons. The molecule has 1 aromatic carbocycles. The number of hydrogen-bond acceptors (Lipinski definition) is 4. The lowest BCUT2D eigenvalue weighted by atomic mass is 10.1. The number of ether oxygens (including phenoxy) is 1. The number of hydrogen-bond donors (Lipinski definition) is 2. The highest BCUT2D eigenvalue weighted by molar-refractivity contribution is 5.74. The van der Waals surface area contributed by atoms with E-state index in [2.05, 4.69) is 0 Å². The summed E-state index contributed by atoms with van der Waals surface area (Å²) in [6.45, 7) is 0. The van der Waals surface area contributed by atoms with Crippen molar-refractivity contribution in [3.8, 4) is 11.8 Å². The molecule has 0 amide bonds. The molecule has 0 spiro atoms. The van der Waals surface area contributed by atoms with Crippen molar-refractivity contribution in [2.75, 3.05) is 7.11 Å². The number of carboxylic acids is 1. The maximum absolute atomic E-state index is 10.5. The molecule has 0 fully saturated rings. The van der Waals surface area contributed by atoms with Gasteiger partial charge in [-0.05, 0) is 17.7 Å². The van der Waals surface area contributed by atoms with Gasteiger partial charge in [-0.25, -0.2) is 4.79 Å². The van der Waals surface area contributed by atoms with Crippen LogP contribution in [0.4, 0.5) is 0 Å². The SMILES string of the molecule is COc1ccc(C(O)C(=O)O)cc1C#N. The normalized spacial score (nSPS) is 11.5. The van der Waals surface area contributed by atoms with Gasteiger partial charge < -0.3 is 14.9 Å². The molecule has 0 bridgehead atoms. The van der Waals surface area contributed by atoms with Crippen LogP contribution in [0.3, 0.4) is 0 Å². The van der Waals surface area contributed by atoms with Crippen LogP contribution in [0.2, 0.25) is 0 Å². The van der Waals surface area contributed by atoms with Gasteiger partial charge in [-0.3, -0.25) is 0 Å². The van der Waals surface area contributed by atoms with Crippen molar-refractivity contribution in [1.29, 1.82) is 5.26 Å². The third-order valence-corrected chi connectivity index (χ3v) is 1.89. The van der Waals surface area contributed by atoms with Gasteiger partial charge in [-0.15, -0.1) is 0 Å². The quantitative estimate of drug-likeness (QED) is 0.760. The zero-order chi connectivity index (χ0) is 11.4. The van der Waals surface area contributed by atoms with E-state index in [0.717, 1.165) is 0 Å². The molecular formula is C10H9NO4. The van der Waals surface area contributed by atoms with Crippen LogP contribution in [0.1, 0.15) is 17.2 Å². The molecule has 0 aliphatic rings. The Balaban J connectivity index is 3.15. The number of nitriles is 1. The Morgan fingerprint density at radius 1 is 1.60 bits per heavy atom. The third-order valence-electron chi connectivity index (χ3n) is 1.89. The summed E-state index contributed by atoms with van der Waals surface area (Å²) in [7, 11) is 1.41. The highest BCUT2D eigenvalue weighted by Crippen LogP contribution is 2.22. The van der Waals surface area contributed by atoms with Crippen LogP contribution in [-0.4, -0.2) is 23.3 Å². The summed E-state index contributed by atoms with van der Waals surface area (Å²) in [5.41, 5.74) is 0.343. The Labute approximate surface area is 86.1 Å². The van der Waals surface area contributed by atoms with Gasteiger partial charge in [-0.1, -0.05) is 6.07 Å². The van der Waals surface area contributed by atoms with Crippen LogP contribution in [-0.2, 0) is 4.79 Å². The maximum atomic E-state index is 10.5. The van der Waals surface area contributed by atoms with Gasteiger partial charge in [0.1, 0.15) is 11.8 Å². The van der Waals surface area contributed by atoms with Crippen molar-refractivity contribution in [3.63, 3.8) is 0 Å². The molecule has 0 heterocycles. The fourth-order valence-electron chi connectivity index (χ4n) is 1.13. The largest absolute Gasteiger partial charge is 0.495 e. The number of aliphatic hydroxyl groups is 1. The minimum Gasteiger partial charge on any atom is -0.495 e. The standard InChI is InChI=1S/C10H9NO4/c1-15-8-3-2-6(4-7(8)5-11)9(12)10(13)14/h2-4,9,12H,1H3,(H,13,14). The lowest BCUT2D eigenvalue weighted by Gasteiger charge is -2.08. The molecule has 0 aliphatic carbocycles. The van der Waals surface area contributed by atoms with E-state index in [0.29, 0.717) is 5.75 Å². The topological polar surface area (TPSA) is 90.6 Å². The Bertz CT molecular complexity index is 422. The Kier molecular flexibility index (Phi) is 3.26. The molecule has 15 heavy (non-hydrogen) atoms. The zero-order valence-corrected chi connectivity index (χ0v) is 7.97. The van der Waals surface area contributed by atoms with E-state index in [4.69, 9.17) is 15.1 Å². The molecule has 1 aromatic rings. The first-order chi connectivity index (χ1) is 7.10. The van der Waals surface area contributed by atoms with Crippen molar-refractivity contribution >= 4 is 5.97 Å². The van der Waals surface area contributed by atoms with E-state index >= 15 is 0 Å². The van der Waals surface area contributed by atoms with Gasteiger partial charge in [0, 0.05) is 0 Å². The van der Waals surface area contributed by atoms with Crippen LogP contribution in [0, 0.1) is 11.3 Å². The predicted octanol–water partition coefficient (Wildman–Crippen LogP) is 0.685. The molecule has 78 valence electrons. The first-order valence-corrected chi connectivity index (χ1v) is 4.09. The van der Waals surface area contributed by atoms with Gasteiger partial charge in [0.05, 0.1) is 12.7 Å². The number of benzene rings is 1. The minimum atomic E-state index is -1.62. The lowest BCUT2D eigenvalue weighted by Crippen LogP contribution is -2.10. The summed E-state index contributed by atoms with van der Waals surface area (Å²) in [6, 6.07) is 5.99. The maximum Gasteiger partial charge on any atom is 0.337 e. The molecular weight excluding hydrogens is 198 g/mol. The van der Waals surface area contributed by atoms with Crippen molar-refractivity contribution in [3.05, 3.63) is 29.3 Å². The molecule has 0 saturated heterocycles. The van der Waals surface area contributed by atoms with Crippen molar-refractivity contribution in [2.24, 2.45) is 0 Å². The molecule has 1 unspecified atom stereocenters. The van der Waals surface area contributed by atoms with Crippen LogP contribution >= 0.6 is 0 Å². The summed E-state index contributed by atoms with van der Waals surface area (Å²) >= 11 is 0. The van der Waals surface area contributed by atoms with Gasteiger partial charge in [0.2, 0.25) is 0 Å². The number of carboxylic acid groups (broad SMARTS) is 1. The second kappa shape index (κ2) is 4.44. The zero-order valence-electron chi connectivity index (χ0n) is 7.97. The molecule has 5 nitrogen and oxygen atoms in total. The molecule has 5 heteroatoms. The van der Waals surface area contributed by atoms with Gasteiger partial charge in [0.25, 0.3) is 0 Å². The monoisotopic (exact) mass is 207 g/mol. The summed E-state index contributed by atoms with van der Waals surface area (Å²) in [4.78, 5) is 10.5. The Hall–Kier alpha value is -2.06. The highest BCUT2D eigenvalue weighted by Gasteiger charge is 2.17. The van der Waals surface area contributed by atoms with Crippen molar-refractivity contribution in [2.45, 2.75) is 6.10 Å². The number of rotatable bonds is 3. The van der Waals surface area contributed by atoms with Crippen LogP contribution in [0.25, 0.3) is 0 Å². The second-order valence-corrected chi connectivity index (χ2v) is 2.81. The minimum absolute atomic E-state index is 0.153. The van der Waals surface area contributed by atoms with E-state index in [-0.39, 0.29) is 11.1 Å².